The summed E-state index contributed by atoms with van der Waals surface area (Å²) < 4.78 is 4.25. The molecule has 0 aromatic carbocycles. The average Bonchev–Trinajstić information content (AvgIpc) is 1.90. The van der Waals surface area contributed by atoms with Gasteiger partial charge in [0, 0.05) is 14.2 Å². The lowest BCUT2D eigenvalue weighted by atomic mass is 10.9. The topological polar surface area (TPSA) is 97.6 Å². The van der Waals surface area contributed by atoms with Crippen molar-refractivity contribution in [1.29, 1.82) is 5.41 Å². The standard InChI is InChI=1S/C3H9N3O2.C2H6O/c4-3(5-1-7)6-2-8;1-3-2/h7-8H,1-2H2,(H3,4,5,6);1-2H3. The molecule has 0 aliphatic rings. The van der Waals surface area contributed by atoms with E-state index in [1.54, 1.807) is 14.2 Å². The highest BCUT2D eigenvalue weighted by Crippen LogP contribution is 1.53. The third-order valence-corrected chi connectivity index (χ3v) is 0.512. The van der Waals surface area contributed by atoms with E-state index in [9.17, 15) is 0 Å². The van der Waals surface area contributed by atoms with E-state index >= 15 is 0 Å². The first kappa shape index (κ1) is 12.8. The number of ether oxygens (including phenoxy) is 1. The summed E-state index contributed by atoms with van der Waals surface area (Å²) in [6, 6.07) is 0. The van der Waals surface area contributed by atoms with Crippen LogP contribution < -0.4 is 10.6 Å². The molecule has 6 nitrogen and oxygen atoms in total. The van der Waals surface area contributed by atoms with Crippen molar-refractivity contribution in [2.24, 2.45) is 0 Å². The molecule has 68 valence electrons. The molecule has 11 heavy (non-hydrogen) atoms. The van der Waals surface area contributed by atoms with Crippen molar-refractivity contribution < 1.29 is 14.9 Å². The summed E-state index contributed by atoms with van der Waals surface area (Å²) in [4.78, 5) is 0. The average molecular weight is 165 g/mol. The van der Waals surface area contributed by atoms with Gasteiger partial charge in [-0.05, 0) is 0 Å². The fourth-order valence-electron chi connectivity index (χ4n) is 0.221. The number of guanidine groups is 1. The smallest absolute Gasteiger partial charge is 0.191 e. The van der Waals surface area contributed by atoms with E-state index < -0.39 is 0 Å². The lowest BCUT2D eigenvalue weighted by Crippen LogP contribution is -2.37. The first-order valence-corrected chi connectivity index (χ1v) is 2.91. The monoisotopic (exact) mass is 165 g/mol. The van der Waals surface area contributed by atoms with Gasteiger partial charge < -0.3 is 25.6 Å². The Morgan fingerprint density at radius 1 is 1.27 bits per heavy atom. The number of rotatable bonds is 2. The Morgan fingerprint density at radius 3 is 1.73 bits per heavy atom. The Morgan fingerprint density at radius 2 is 1.55 bits per heavy atom. The van der Waals surface area contributed by atoms with Crippen LogP contribution in [0.4, 0.5) is 0 Å². The molecule has 0 aromatic heterocycles. The van der Waals surface area contributed by atoms with E-state index in [2.05, 4.69) is 15.4 Å². The van der Waals surface area contributed by atoms with Gasteiger partial charge in [0.2, 0.25) is 0 Å². The van der Waals surface area contributed by atoms with Crippen molar-refractivity contribution >= 4 is 5.96 Å². The number of hydrogen-bond acceptors (Lipinski definition) is 4. The highest BCUT2D eigenvalue weighted by atomic mass is 16.4. The lowest BCUT2D eigenvalue weighted by molar-refractivity contribution is 0.268. The van der Waals surface area contributed by atoms with Crippen LogP contribution in [0.2, 0.25) is 0 Å². The molecule has 0 aromatic rings. The second-order valence-corrected chi connectivity index (χ2v) is 1.45. The second kappa shape index (κ2) is 11.9. The van der Waals surface area contributed by atoms with Crippen LogP contribution in [0.3, 0.4) is 0 Å². The minimum Gasteiger partial charge on any atom is -0.388 e. The molecular formula is C5H15N3O3. The van der Waals surface area contributed by atoms with Crippen LogP contribution >= 0.6 is 0 Å². The molecular weight excluding hydrogens is 150 g/mol. The number of aliphatic hydroxyl groups is 2. The normalized spacial score (nSPS) is 7.64. The van der Waals surface area contributed by atoms with Gasteiger partial charge in [-0.25, -0.2) is 0 Å². The summed E-state index contributed by atoms with van der Waals surface area (Å²) in [6.45, 7) is -0.600. The van der Waals surface area contributed by atoms with Crippen molar-refractivity contribution in [2.75, 3.05) is 27.7 Å². The van der Waals surface area contributed by atoms with E-state index in [0.29, 0.717) is 0 Å². The number of nitrogens with one attached hydrogen (secondary N) is 3. The Hall–Kier alpha value is -0.850. The van der Waals surface area contributed by atoms with E-state index in [1.165, 1.54) is 0 Å². The van der Waals surface area contributed by atoms with Gasteiger partial charge in [-0.3, -0.25) is 5.41 Å². The predicted octanol–water partition coefficient (Wildman–Crippen LogP) is -1.74. The molecule has 0 rings (SSSR count). The molecule has 0 saturated carbocycles. The van der Waals surface area contributed by atoms with E-state index in [0.717, 1.165) is 0 Å². The van der Waals surface area contributed by atoms with Crippen molar-refractivity contribution in [3.05, 3.63) is 0 Å². The predicted molar refractivity (Wildman–Crippen MR) is 41.1 cm³/mol. The SMILES string of the molecule is COC.N=C(NCO)NCO. The Labute approximate surface area is 65.7 Å². The van der Waals surface area contributed by atoms with Gasteiger partial charge in [0.25, 0.3) is 0 Å². The summed E-state index contributed by atoms with van der Waals surface area (Å²) in [5.41, 5.74) is 0. The molecule has 0 aliphatic heterocycles. The Balaban J connectivity index is 0. The van der Waals surface area contributed by atoms with Crippen LogP contribution in [-0.2, 0) is 4.74 Å². The molecule has 0 atom stereocenters. The minimum absolute atomic E-state index is 0.0880. The maximum absolute atomic E-state index is 8.09. The summed E-state index contributed by atoms with van der Waals surface area (Å²) in [5.74, 6) is -0.0880. The molecule has 0 bridgehead atoms. The highest BCUT2D eigenvalue weighted by molar-refractivity contribution is 5.75. The number of hydrogen-bond donors (Lipinski definition) is 5. The van der Waals surface area contributed by atoms with E-state index in [-0.39, 0.29) is 19.4 Å². The van der Waals surface area contributed by atoms with Gasteiger partial charge >= 0.3 is 0 Å². The fourth-order valence-corrected chi connectivity index (χ4v) is 0.221. The summed E-state index contributed by atoms with van der Waals surface area (Å²) in [5, 5.41) is 27.4. The Bertz CT molecular complexity index is 81.0. The first-order valence-electron chi connectivity index (χ1n) is 2.91. The third kappa shape index (κ3) is 17.6. The maximum Gasteiger partial charge on any atom is 0.191 e. The molecule has 0 saturated heterocycles. The van der Waals surface area contributed by atoms with Gasteiger partial charge in [0.05, 0.1) is 0 Å². The number of aliphatic hydroxyl groups excluding tert-OH is 2. The lowest BCUT2D eigenvalue weighted by Gasteiger charge is -2.02. The van der Waals surface area contributed by atoms with Gasteiger partial charge in [0.15, 0.2) is 5.96 Å². The van der Waals surface area contributed by atoms with Gasteiger partial charge in [0.1, 0.15) is 13.5 Å². The zero-order valence-electron chi connectivity index (χ0n) is 6.72. The quantitative estimate of drug-likeness (QED) is 0.190. The molecule has 6 heteroatoms. The van der Waals surface area contributed by atoms with Crippen LogP contribution in [-0.4, -0.2) is 43.9 Å². The van der Waals surface area contributed by atoms with Gasteiger partial charge in [-0.2, -0.15) is 0 Å². The zero-order chi connectivity index (χ0) is 9.11. The fraction of sp³-hybridized carbons (Fsp3) is 0.800. The maximum atomic E-state index is 8.09. The highest BCUT2D eigenvalue weighted by Gasteiger charge is 1.85. The molecule has 0 unspecified atom stereocenters. The van der Waals surface area contributed by atoms with Crippen LogP contribution in [0, 0.1) is 5.41 Å². The molecule has 0 heterocycles. The molecule has 0 fully saturated rings. The van der Waals surface area contributed by atoms with E-state index in [1.807, 2.05) is 0 Å². The first-order chi connectivity index (χ1) is 5.22. The third-order valence-electron chi connectivity index (χ3n) is 0.512. The summed E-state index contributed by atoms with van der Waals surface area (Å²) >= 11 is 0. The van der Waals surface area contributed by atoms with Crippen molar-refractivity contribution in [3.8, 4) is 0 Å². The van der Waals surface area contributed by atoms with E-state index in [4.69, 9.17) is 15.6 Å². The van der Waals surface area contributed by atoms with Crippen LogP contribution in [0.25, 0.3) is 0 Å². The van der Waals surface area contributed by atoms with Crippen molar-refractivity contribution in [2.45, 2.75) is 0 Å². The molecule has 0 aliphatic carbocycles. The largest absolute Gasteiger partial charge is 0.388 e. The van der Waals surface area contributed by atoms with Gasteiger partial charge in [-0.15, -0.1) is 0 Å². The minimum atomic E-state index is -0.300. The van der Waals surface area contributed by atoms with Gasteiger partial charge in [-0.1, -0.05) is 0 Å². The molecule has 0 spiro atoms. The zero-order valence-corrected chi connectivity index (χ0v) is 6.72. The molecule has 5 N–H and O–H groups in total. The molecule has 0 amide bonds. The Kier molecular flexibility index (Phi) is 13.8. The van der Waals surface area contributed by atoms with Crippen LogP contribution in [0.5, 0.6) is 0 Å². The summed E-state index contributed by atoms with van der Waals surface area (Å²) in [6.07, 6.45) is 0. The molecule has 0 radical (unpaired) electrons. The second-order valence-electron chi connectivity index (χ2n) is 1.45. The van der Waals surface area contributed by atoms with Crippen LogP contribution in [0.1, 0.15) is 0 Å². The summed E-state index contributed by atoms with van der Waals surface area (Å²) in [7, 11) is 3.25. The number of methoxy groups -OCH3 is 1. The van der Waals surface area contributed by atoms with Crippen LogP contribution in [0.15, 0.2) is 0 Å². The van der Waals surface area contributed by atoms with Crippen molar-refractivity contribution in [1.82, 2.24) is 10.6 Å². The van der Waals surface area contributed by atoms with Crippen molar-refractivity contribution in [3.63, 3.8) is 0 Å².